The number of hydrogen-bond acceptors (Lipinski definition) is 4. The first kappa shape index (κ1) is 41.5. The second-order valence-electron chi connectivity index (χ2n) is 16.5. The number of rotatable bonds is 7. The molecule has 0 N–H and O–H groups in total. The summed E-state index contributed by atoms with van der Waals surface area (Å²) in [5, 5.41) is 2.85. The van der Waals surface area contributed by atoms with E-state index in [2.05, 4.69) is 159 Å². The summed E-state index contributed by atoms with van der Waals surface area (Å²) in [6, 6.07) is 63.2. The fourth-order valence-electron chi connectivity index (χ4n) is 8.48. The van der Waals surface area contributed by atoms with Gasteiger partial charge in [0.25, 0.3) is 0 Å². The molecule has 0 unspecified atom stereocenters. The summed E-state index contributed by atoms with van der Waals surface area (Å²) in [5.74, 6) is 2.10. The zero-order valence-electron chi connectivity index (χ0n) is 35.8. The van der Waals surface area contributed by atoms with Gasteiger partial charge in [-0.05, 0) is 94.2 Å². The van der Waals surface area contributed by atoms with Gasteiger partial charge in [-0.15, -0.1) is 42.0 Å². The van der Waals surface area contributed by atoms with E-state index < -0.39 is 0 Å². The van der Waals surface area contributed by atoms with Crippen molar-refractivity contribution < 1.29 is 28.9 Å². The summed E-state index contributed by atoms with van der Waals surface area (Å²) in [6.45, 7) is 11.2. The van der Waals surface area contributed by atoms with Gasteiger partial charge in [0.1, 0.15) is 5.58 Å². The molecule has 0 fully saturated rings. The summed E-state index contributed by atoms with van der Waals surface area (Å²) in [7, 11) is 0. The molecule has 11 aromatic rings. The Morgan fingerprint density at radius 3 is 1.98 bits per heavy atom. The molecule has 11 rings (SSSR count). The fourth-order valence-corrected chi connectivity index (χ4v) is 8.48. The van der Waals surface area contributed by atoms with Crippen molar-refractivity contribution in [2.24, 2.45) is 0 Å². The van der Waals surface area contributed by atoms with E-state index in [0.717, 1.165) is 83.5 Å². The van der Waals surface area contributed by atoms with E-state index in [1.165, 1.54) is 27.9 Å². The topological polar surface area (TPSA) is 57.0 Å². The minimum Gasteiger partial charge on any atom is -0.499 e. The van der Waals surface area contributed by atoms with Crippen molar-refractivity contribution in [3.63, 3.8) is 0 Å². The molecule has 0 aliphatic rings. The number of benzene rings is 7. The van der Waals surface area contributed by atoms with E-state index in [9.17, 15) is 0 Å². The molecule has 0 amide bonds. The normalized spacial score (nSPS) is 11.4. The molecular weight excluding hydrogens is 951 g/mol. The van der Waals surface area contributed by atoms with Crippen molar-refractivity contribution in [1.82, 2.24) is 14.5 Å². The summed E-state index contributed by atoms with van der Waals surface area (Å²) in [5.41, 5.74) is 15.4. The molecular formula is C57H45IrN3O2-2. The first-order valence-electron chi connectivity index (χ1n) is 21.3. The molecule has 0 atom stereocenters. The maximum atomic E-state index is 6.82. The fraction of sp³-hybridized carbons (Fsp3) is 0.123. The van der Waals surface area contributed by atoms with Crippen LogP contribution in [0.5, 0.6) is 0 Å². The van der Waals surface area contributed by atoms with Crippen LogP contribution in [0.25, 0.3) is 94.7 Å². The summed E-state index contributed by atoms with van der Waals surface area (Å²) < 4.78 is 15.8. The van der Waals surface area contributed by atoms with E-state index >= 15 is 0 Å². The van der Waals surface area contributed by atoms with E-state index in [1.807, 2.05) is 60.7 Å². The van der Waals surface area contributed by atoms with Crippen LogP contribution >= 0.6 is 0 Å². The monoisotopic (exact) mass is 996 g/mol. The molecule has 63 heavy (non-hydrogen) atoms. The minimum absolute atomic E-state index is 0. The Hall–Kier alpha value is -6.85. The van der Waals surface area contributed by atoms with Crippen LogP contribution in [-0.4, -0.2) is 14.5 Å². The van der Waals surface area contributed by atoms with Crippen molar-refractivity contribution in [2.75, 3.05) is 0 Å². The van der Waals surface area contributed by atoms with E-state index in [0.29, 0.717) is 0 Å². The van der Waals surface area contributed by atoms with Crippen LogP contribution in [0.4, 0.5) is 0 Å². The molecule has 0 aliphatic carbocycles. The van der Waals surface area contributed by atoms with Crippen LogP contribution in [0.15, 0.2) is 179 Å². The van der Waals surface area contributed by atoms with Gasteiger partial charge in [-0.25, -0.2) is 0 Å². The molecule has 1 radical (unpaired) electrons. The van der Waals surface area contributed by atoms with Crippen LogP contribution in [0.2, 0.25) is 0 Å². The van der Waals surface area contributed by atoms with E-state index in [4.69, 9.17) is 13.8 Å². The molecule has 4 aromatic heterocycles. The first-order chi connectivity index (χ1) is 30.3. The smallest absolute Gasteiger partial charge is 0.123 e. The second-order valence-corrected chi connectivity index (χ2v) is 16.5. The minimum atomic E-state index is 0. The first-order valence-corrected chi connectivity index (χ1v) is 21.3. The van der Waals surface area contributed by atoms with Gasteiger partial charge < -0.3 is 18.4 Å². The molecule has 0 bridgehead atoms. The molecule has 0 saturated heterocycles. The molecule has 0 spiro atoms. The van der Waals surface area contributed by atoms with Gasteiger partial charge in [-0.2, -0.15) is 0 Å². The standard InChI is InChI=1S/C46H37N2O2.C11H8N.Ir/c1-27(2)35-23-32(30-14-8-6-9-15-30)24-36(28(3)4)43(35)48-39-19-13-12-18-38(39)47-46(48)37-25-33-26-40(31-16-10-7-11-17-31)49-44(33)42-34-21-20-29(5)22-41(34)50-45(37)42;1-2-6-10(7-3-1)11-8-4-5-9-12-11;/h6-24,26-28H,1-5H3;1-6,8-9H;/q2*-1;. The van der Waals surface area contributed by atoms with Crippen LogP contribution < -0.4 is 0 Å². The Labute approximate surface area is 381 Å². The van der Waals surface area contributed by atoms with Crippen LogP contribution in [0.1, 0.15) is 56.2 Å². The number of aryl methyl sites for hydroxylation is 1. The number of furan rings is 2. The van der Waals surface area contributed by atoms with Gasteiger partial charge >= 0.3 is 0 Å². The Kier molecular flexibility index (Phi) is 11.5. The van der Waals surface area contributed by atoms with Crippen molar-refractivity contribution in [2.45, 2.75) is 46.5 Å². The summed E-state index contributed by atoms with van der Waals surface area (Å²) >= 11 is 0. The number of para-hydroxylation sites is 2. The Morgan fingerprint density at radius 1 is 0.619 bits per heavy atom. The quantitative estimate of drug-likeness (QED) is 0.149. The SMILES string of the molecule is Cc1ccc2c(c1)oc1c(-c3nc4ccccc4n3-c3c(C(C)C)cc(-c4ccccc4)cc3C(C)C)[c-]c3cc(-c4ccccc4)oc3c12.[Ir].[c-]1ccccc1-c1ccccn1. The van der Waals surface area contributed by atoms with Gasteiger partial charge in [0, 0.05) is 48.3 Å². The van der Waals surface area contributed by atoms with Gasteiger partial charge in [-0.3, -0.25) is 4.98 Å². The van der Waals surface area contributed by atoms with Gasteiger partial charge in [0.2, 0.25) is 0 Å². The van der Waals surface area contributed by atoms with Crippen LogP contribution in [-0.2, 0) is 20.1 Å². The maximum Gasteiger partial charge on any atom is 0.123 e. The summed E-state index contributed by atoms with van der Waals surface area (Å²) in [4.78, 5) is 9.61. The zero-order chi connectivity index (χ0) is 42.3. The molecule has 0 saturated carbocycles. The number of fused-ring (bicyclic) bond motifs is 6. The van der Waals surface area contributed by atoms with Crippen LogP contribution in [0.3, 0.4) is 0 Å². The number of nitrogens with zero attached hydrogens (tertiary/aromatic N) is 3. The number of aromatic nitrogens is 3. The van der Waals surface area contributed by atoms with Crippen LogP contribution in [0, 0.1) is 19.1 Å². The predicted octanol–water partition coefficient (Wildman–Crippen LogP) is 15.6. The van der Waals surface area contributed by atoms with Gasteiger partial charge in [0.05, 0.1) is 33.8 Å². The van der Waals surface area contributed by atoms with Crippen molar-refractivity contribution in [1.29, 1.82) is 0 Å². The van der Waals surface area contributed by atoms with Crippen molar-refractivity contribution in [3.05, 3.63) is 199 Å². The molecule has 311 valence electrons. The van der Waals surface area contributed by atoms with Gasteiger partial charge in [-0.1, -0.05) is 136 Å². The van der Waals surface area contributed by atoms with Crippen molar-refractivity contribution in [3.8, 4) is 50.8 Å². The predicted molar refractivity (Wildman–Crippen MR) is 255 cm³/mol. The van der Waals surface area contributed by atoms with E-state index in [1.54, 1.807) is 6.20 Å². The average molecular weight is 996 g/mol. The molecule has 4 heterocycles. The Morgan fingerprint density at radius 2 is 1.30 bits per heavy atom. The third-order valence-electron chi connectivity index (χ3n) is 11.5. The molecule has 7 aromatic carbocycles. The Bertz CT molecular complexity index is 3280. The van der Waals surface area contributed by atoms with E-state index in [-0.39, 0.29) is 31.9 Å². The van der Waals surface area contributed by atoms with Crippen molar-refractivity contribution >= 4 is 43.9 Å². The molecule has 0 aliphatic heterocycles. The number of hydrogen-bond donors (Lipinski definition) is 0. The second kappa shape index (κ2) is 17.5. The Balaban J connectivity index is 0.000000335. The molecule has 6 heteroatoms. The van der Waals surface area contributed by atoms with Gasteiger partial charge in [0.15, 0.2) is 0 Å². The zero-order valence-corrected chi connectivity index (χ0v) is 38.2. The largest absolute Gasteiger partial charge is 0.499 e. The number of pyridine rings is 1. The summed E-state index contributed by atoms with van der Waals surface area (Å²) in [6.07, 6.45) is 1.79. The third-order valence-corrected chi connectivity index (χ3v) is 11.5. The molecule has 5 nitrogen and oxygen atoms in total. The maximum absolute atomic E-state index is 6.82. The third kappa shape index (κ3) is 7.82. The average Bonchev–Trinajstić information content (AvgIpc) is 4.03. The number of imidazole rings is 1.